The fourth-order valence-corrected chi connectivity index (χ4v) is 2.35. The average molecular weight is 303 g/mol. The van der Waals surface area contributed by atoms with Crippen LogP contribution in [0.3, 0.4) is 0 Å². The van der Waals surface area contributed by atoms with Gasteiger partial charge in [0.15, 0.2) is 0 Å². The third-order valence-corrected chi connectivity index (χ3v) is 3.47. The van der Waals surface area contributed by atoms with Crippen molar-refractivity contribution in [3.8, 4) is 0 Å². The number of thiocarbonyl (C=S) groups is 1. The van der Waals surface area contributed by atoms with Gasteiger partial charge in [-0.3, -0.25) is 4.98 Å². The van der Waals surface area contributed by atoms with E-state index in [1.54, 1.807) is 12.3 Å². The van der Waals surface area contributed by atoms with E-state index < -0.39 is 0 Å². The third-order valence-electron chi connectivity index (χ3n) is 3.25. The summed E-state index contributed by atoms with van der Waals surface area (Å²) in [5.41, 5.74) is 8.27. The normalized spacial score (nSPS) is 10.8. The van der Waals surface area contributed by atoms with E-state index in [9.17, 15) is 4.39 Å². The number of benzene rings is 1. The fraction of sp³-hybridized carbons (Fsp3) is 0.250. The number of pyridine rings is 1. The highest BCUT2D eigenvalue weighted by Gasteiger charge is 2.09. The molecular formula is C16H18FN3S. The number of rotatable bonds is 6. The highest BCUT2D eigenvalue weighted by molar-refractivity contribution is 7.80. The zero-order valence-corrected chi connectivity index (χ0v) is 12.7. The van der Waals surface area contributed by atoms with Gasteiger partial charge in [0.25, 0.3) is 0 Å². The zero-order valence-electron chi connectivity index (χ0n) is 11.9. The molecule has 0 bridgehead atoms. The van der Waals surface area contributed by atoms with E-state index in [0.717, 1.165) is 29.8 Å². The first-order chi connectivity index (χ1) is 10.1. The summed E-state index contributed by atoms with van der Waals surface area (Å²) < 4.78 is 13.4. The van der Waals surface area contributed by atoms with Gasteiger partial charge in [0, 0.05) is 37.0 Å². The average Bonchev–Trinajstić information content (AvgIpc) is 2.46. The third kappa shape index (κ3) is 4.58. The van der Waals surface area contributed by atoms with Gasteiger partial charge in [-0.25, -0.2) is 4.39 Å². The van der Waals surface area contributed by atoms with E-state index in [4.69, 9.17) is 18.0 Å². The maximum absolute atomic E-state index is 13.4. The van der Waals surface area contributed by atoms with Crippen molar-refractivity contribution >= 4 is 17.2 Å². The molecule has 0 radical (unpaired) electrons. The lowest BCUT2D eigenvalue weighted by Gasteiger charge is -2.18. The summed E-state index contributed by atoms with van der Waals surface area (Å²) in [4.78, 5) is 6.69. The van der Waals surface area contributed by atoms with E-state index in [0.29, 0.717) is 11.5 Å². The molecule has 3 nitrogen and oxygen atoms in total. The van der Waals surface area contributed by atoms with Crippen molar-refractivity contribution in [2.45, 2.75) is 13.0 Å². The van der Waals surface area contributed by atoms with Gasteiger partial charge in [0.1, 0.15) is 10.8 Å². The van der Waals surface area contributed by atoms with Crippen LogP contribution in [0.25, 0.3) is 0 Å². The van der Waals surface area contributed by atoms with Crippen LogP contribution in [0.1, 0.15) is 16.8 Å². The van der Waals surface area contributed by atoms with Crippen LogP contribution in [0.2, 0.25) is 0 Å². The summed E-state index contributed by atoms with van der Waals surface area (Å²) in [6.45, 7) is 1.42. The van der Waals surface area contributed by atoms with Gasteiger partial charge >= 0.3 is 0 Å². The van der Waals surface area contributed by atoms with Crippen molar-refractivity contribution in [2.75, 3.05) is 13.6 Å². The summed E-state index contributed by atoms with van der Waals surface area (Å²) in [6.07, 6.45) is 2.63. The number of nitrogens with zero attached hydrogens (tertiary/aromatic N) is 2. The number of likely N-dealkylation sites (N-methyl/N-ethyl adjacent to an activating group) is 1. The monoisotopic (exact) mass is 303 g/mol. The Morgan fingerprint density at radius 2 is 2.14 bits per heavy atom. The molecule has 2 rings (SSSR count). The first-order valence-electron chi connectivity index (χ1n) is 6.73. The lowest BCUT2D eigenvalue weighted by atomic mass is 10.1. The van der Waals surface area contributed by atoms with E-state index in [1.165, 1.54) is 12.1 Å². The molecule has 0 unspecified atom stereocenters. The highest BCUT2D eigenvalue weighted by Crippen LogP contribution is 2.14. The van der Waals surface area contributed by atoms with Crippen LogP contribution in [0.4, 0.5) is 4.39 Å². The molecule has 0 saturated carbocycles. The van der Waals surface area contributed by atoms with Crippen LogP contribution < -0.4 is 5.73 Å². The van der Waals surface area contributed by atoms with Gasteiger partial charge in [-0.15, -0.1) is 0 Å². The molecule has 21 heavy (non-hydrogen) atoms. The minimum atomic E-state index is -0.275. The van der Waals surface area contributed by atoms with Crippen molar-refractivity contribution in [1.29, 1.82) is 0 Å². The Morgan fingerprint density at radius 1 is 1.33 bits per heavy atom. The first-order valence-corrected chi connectivity index (χ1v) is 7.14. The van der Waals surface area contributed by atoms with E-state index in [1.807, 2.05) is 25.2 Å². The predicted molar refractivity (Wildman–Crippen MR) is 86.6 cm³/mol. The standard InChI is InChI=1S/C16H18FN3S/c1-20(9-7-14-4-2-3-8-19-14)11-12-10-13(17)5-6-15(12)16(18)21/h2-6,8,10H,7,9,11H2,1H3,(H2,18,21). The molecule has 110 valence electrons. The summed E-state index contributed by atoms with van der Waals surface area (Å²) in [7, 11) is 1.98. The second-order valence-corrected chi connectivity index (χ2v) is 5.41. The Kier molecular flexibility index (Phi) is 5.36. The second kappa shape index (κ2) is 7.24. The Hall–Kier alpha value is -1.85. The number of hydrogen-bond donors (Lipinski definition) is 1. The molecule has 1 aromatic carbocycles. The smallest absolute Gasteiger partial charge is 0.123 e. The number of halogens is 1. The minimum absolute atomic E-state index is 0.275. The summed E-state index contributed by atoms with van der Waals surface area (Å²) in [6, 6.07) is 10.4. The summed E-state index contributed by atoms with van der Waals surface area (Å²) in [5.74, 6) is -0.275. The van der Waals surface area contributed by atoms with Gasteiger partial charge in [0.05, 0.1) is 0 Å². The molecule has 0 aliphatic heterocycles. The van der Waals surface area contributed by atoms with Crippen LogP contribution in [0.15, 0.2) is 42.6 Å². The molecule has 0 amide bonds. The largest absolute Gasteiger partial charge is 0.389 e. The molecule has 1 aromatic heterocycles. The topological polar surface area (TPSA) is 42.2 Å². The molecule has 5 heteroatoms. The molecule has 2 aromatic rings. The fourth-order valence-electron chi connectivity index (χ4n) is 2.15. The number of aromatic nitrogens is 1. The highest BCUT2D eigenvalue weighted by atomic mass is 32.1. The second-order valence-electron chi connectivity index (χ2n) is 4.97. The molecule has 0 atom stereocenters. The molecule has 0 aliphatic rings. The van der Waals surface area contributed by atoms with Crippen LogP contribution >= 0.6 is 12.2 Å². The molecule has 1 heterocycles. The van der Waals surface area contributed by atoms with E-state index >= 15 is 0 Å². The van der Waals surface area contributed by atoms with Crippen LogP contribution in [0, 0.1) is 5.82 Å². The molecule has 0 fully saturated rings. The van der Waals surface area contributed by atoms with Crippen LogP contribution in [0.5, 0.6) is 0 Å². The van der Waals surface area contributed by atoms with Crippen molar-refractivity contribution in [2.24, 2.45) is 5.73 Å². The summed E-state index contributed by atoms with van der Waals surface area (Å²) in [5, 5.41) is 0. The van der Waals surface area contributed by atoms with Gasteiger partial charge in [-0.05, 0) is 42.9 Å². The van der Waals surface area contributed by atoms with Crippen molar-refractivity contribution in [3.05, 3.63) is 65.2 Å². The molecule has 2 N–H and O–H groups in total. The Morgan fingerprint density at radius 3 is 2.81 bits per heavy atom. The molecule has 0 spiro atoms. The maximum Gasteiger partial charge on any atom is 0.123 e. The maximum atomic E-state index is 13.4. The van der Waals surface area contributed by atoms with E-state index in [2.05, 4.69) is 9.88 Å². The number of hydrogen-bond acceptors (Lipinski definition) is 3. The SMILES string of the molecule is CN(CCc1ccccn1)Cc1cc(F)ccc1C(N)=S. The Bertz CT molecular complexity index is 616. The molecule has 0 saturated heterocycles. The van der Waals surface area contributed by atoms with Gasteiger partial charge in [-0.2, -0.15) is 0 Å². The predicted octanol–water partition coefficient (Wildman–Crippen LogP) is 2.53. The van der Waals surface area contributed by atoms with Crippen molar-refractivity contribution in [3.63, 3.8) is 0 Å². The van der Waals surface area contributed by atoms with Crippen molar-refractivity contribution in [1.82, 2.24) is 9.88 Å². The lowest BCUT2D eigenvalue weighted by Crippen LogP contribution is -2.23. The minimum Gasteiger partial charge on any atom is -0.389 e. The first kappa shape index (κ1) is 15.5. The lowest BCUT2D eigenvalue weighted by molar-refractivity contribution is 0.329. The van der Waals surface area contributed by atoms with Gasteiger partial charge in [0.2, 0.25) is 0 Å². The Balaban J connectivity index is 2.01. The van der Waals surface area contributed by atoms with Gasteiger partial charge in [-0.1, -0.05) is 18.3 Å². The quantitative estimate of drug-likeness (QED) is 0.833. The molecule has 0 aliphatic carbocycles. The van der Waals surface area contributed by atoms with Crippen LogP contribution in [-0.2, 0) is 13.0 Å². The van der Waals surface area contributed by atoms with Crippen LogP contribution in [-0.4, -0.2) is 28.5 Å². The van der Waals surface area contributed by atoms with E-state index in [-0.39, 0.29) is 5.82 Å². The summed E-state index contributed by atoms with van der Waals surface area (Å²) >= 11 is 5.01. The van der Waals surface area contributed by atoms with Gasteiger partial charge < -0.3 is 10.6 Å². The van der Waals surface area contributed by atoms with Crippen molar-refractivity contribution < 1.29 is 4.39 Å². The Labute approximate surface area is 129 Å². The number of nitrogens with two attached hydrogens (primary N) is 1. The molecular weight excluding hydrogens is 285 g/mol. The zero-order chi connectivity index (χ0) is 15.2.